The molecule has 1 aliphatic carbocycles. The summed E-state index contributed by atoms with van der Waals surface area (Å²) in [4.78, 5) is 37.0. The maximum absolute atomic E-state index is 14.9. The average molecular weight is 530 g/mol. The highest BCUT2D eigenvalue weighted by Crippen LogP contribution is 2.53. The first-order valence-corrected chi connectivity index (χ1v) is 10.7. The maximum Gasteiger partial charge on any atom is 0.277 e. The van der Waals surface area contributed by atoms with E-state index in [1.165, 1.54) is 24.3 Å². The summed E-state index contributed by atoms with van der Waals surface area (Å²) >= 11 is 17.9. The molecule has 1 unspecified atom stereocenters. The van der Waals surface area contributed by atoms with Gasteiger partial charge in [0.05, 0.1) is 22.2 Å². The average Bonchev–Trinajstić information content (AvgIpc) is 3.16. The number of aromatic nitrogens is 1. The lowest BCUT2D eigenvalue weighted by molar-refractivity contribution is -0.117. The monoisotopic (exact) mass is 528 g/mol. The van der Waals surface area contributed by atoms with Gasteiger partial charge < -0.3 is 20.5 Å². The summed E-state index contributed by atoms with van der Waals surface area (Å²) in [6, 6.07) is 7.12. The number of alkyl halides is 2. The summed E-state index contributed by atoms with van der Waals surface area (Å²) in [6.45, 7) is 0. The number of rotatable bonds is 6. The van der Waals surface area contributed by atoms with E-state index in [1.807, 2.05) is 5.32 Å². The lowest BCUT2D eigenvalue weighted by Gasteiger charge is -2.13. The van der Waals surface area contributed by atoms with Crippen LogP contribution in [0.4, 0.5) is 25.8 Å². The molecule has 1 aromatic heterocycles. The van der Waals surface area contributed by atoms with E-state index in [0.717, 1.165) is 18.4 Å². The minimum absolute atomic E-state index is 0.00744. The predicted molar refractivity (Wildman–Crippen MR) is 121 cm³/mol. The van der Waals surface area contributed by atoms with Crippen LogP contribution in [0.25, 0.3) is 0 Å². The Morgan fingerprint density at radius 2 is 1.76 bits per heavy atom. The van der Waals surface area contributed by atoms with Crippen LogP contribution < -0.4 is 16.0 Å². The van der Waals surface area contributed by atoms with Crippen molar-refractivity contribution in [2.75, 3.05) is 16.0 Å². The van der Waals surface area contributed by atoms with Gasteiger partial charge in [0.2, 0.25) is 5.91 Å². The number of hydrogen-bond donors (Lipinski definition) is 3. The van der Waals surface area contributed by atoms with E-state index in [2.05, 4.69) is 20.3 Å². The van der Waals surface area contributed by atoms with E-state index in [-0.39, 0.29) is 22.0 Å². The first-order valence-electron chi connectivity index (χ1n) is 9.56. The molecule has 0 spiro atoms. The molecule has 8 nitrogen and oxygen atoms in total. The highest BCUT2D eigenvalue weighted by atomic mass is 35.5. The molecule has 3 amide bonds. The molecule has 3 aromatic rings. The Kier molecular flexibility index (Phi) is 6.48. The van der Waals surface area contributed by atoms with Crippen LogP contribution in [0.2, 0.25) is 5.02 Å². The number of halogens is 5. The second-order valence-corrected chi connectivity index (χ2v) is 9.23. The first-order chi connectivity index (χ1) is 16.1. The molecule has 1 saturated carbocycles. The molecule has 4 rings (SSSR count). The third-order valence-corrected chi connectivity index (χ3v) is 6.03. The fourth-order valence-electron chi connectivity index (χ4n) is 2.96. The Balaban J connectivity index is 1.52. The lowest BCUT2D eigenvalue weighted by atomic mass is 10.1. The van der Waals surface area contributed by atoms with Crippen molar-refractivity contribution >= 4 is 69.6 Å². The van der Waals surface area contributed by atoms with Gasteiger partial charge >= 0.3 is 0 Å². The van der Waals surface area contributed by atoms with Crippen molar-refractivity contribution in [3.8, 4) is 0 Å². The molecule has 176 valence electrons. The van der Waals surface area contributed by atoms with Crippen LogP contribution in [0, 0.1) is 17.6 Å². The van der Waals surface area contributed by atoms with Crippen LogP contribution in [0.1, 0.15) is 27.3 Å². The van der Waals surface area contributed by atoms with Crippen molar-refractivity contribution in [1.29, 1.82) is 0 Å². The zero-order chi connectivity index (χ0) is 24.6. The molecule has 1 heterocycles. The highest BCUT2D eigenvalue weighted by Gasteiger charge is 2.56. The molecule has 1 fully saturated rings. The van der Waals surface area contributed by atoms with Crippen LogP contribution in [0.3, 0.4) is 0 Å². The smallest absolute Gasteiger partial charge is 0.277 e. The zero-order valence-electron chi connectivity index (χ0n) is 16.8. The van der Waals surface area contributed by atoms with E-state index in [4.69, 9.17) is 34.8 Å². The Morgan fingerprint density at radius 1 is 1.03 bits per heavy atom. The van der Waals surface area contributed by atoms with Gasteiger partial charge in [-0.3, -0.25) is 14.4 Å². The van der Waals surface area contributed by atoms with E-state index < -0.39 is 51.0 Å². The molecule has 1 aliphatic rings. The van der Waals surface area contributed by atoms with Gasteiger partial charge in [-0.05, 0) is 36.8 Å². The number of carbonyl (C=O) groups is 3. The maximum atomic E-state index is 14.9. The molecule has 0 saturated heterocycles. The van der Waals surface area contributed by atoms with Gasteiger partial charge in [0.25, 0.3) is 11.8 Å². The molecule has 0 radical (unpaired) electrons. The largest absolute Gasteiger partial charge is 0.364 e. The van der Waals surface area contributed by atoms with Crippen LogP contribution in [0.15, 0.2) is 47.2 Å². The van der Waals surface area contributed by atoms with Gasteiger partial charge in [0.1, 0.15) is 22.1 Å². The van der Waals surface area contributed by atoms with Crippen molar-refractivity contribution in [1.82, 2.24) is 5.16 Å². The second-order valence-electron chi connectivity index (χ2n) is 7.28. The number of nitrogens with zero attached hydrogens (tertiary/aromatic N) is 1. The topological polar surface area (TPSA) is 113 Å². The molecular formula is C21H13Cl3F2N4O4. The SMILES string of the molecule is O=C(Nc1c(F)ccc(NC(=O)c2cc(NC(=O)C3CC3(Cl)Cl)ccc2Cl)c1F)c1ccon1. The van der Waals surface area contributed by atoms with Gasteiger partial charge in [-0.2, -0.15) is 0 Å². The summed E-state index contributed by atoms with van der Waals surface area (Å²) in [5.41, 5.74) is -1.30. The first kappa shape index (κ1) is 23.9. The van der Waals surface area contributed by atoms with Gasteiger partial charge in [-0.15, -0.1) is 23.2 Å². The van der Waals surface area contributed by atoms with Crippen LogP contribution in [0.5, 0.6) is 0 Å². The number of hydrogen-bond acceptors (Lipinski definition) is 5. The highest BCUT2D eigenvalue weighted by molar-refractivity contribution is 6.52. The van der Waals surface area contributed by atoms with E-state index in [9.17, 15) is 23.2 Å². The van der Waals surface area contributed by atoms with Crippen LogP contribution in [-0.4, -0.2) is 27.2 Å². The zero-order valence-corrected chi connectivity index (χ0v) is 19.1. The number of anilines is 3. The molecule has 13 heteroatoms. The predicted octanol–water partition coefficient (Wildman–Crippen LogP) is 5.24. The molecule has 2 aromatic carbocycles. The normalized spacial score (nSPS) is 16.0. The van der Waals surface area contributed by atoms with Gasteiger partial charge in [-0.25, -0.2) is 8.78 Å². The van der Waals surface area contributed by atoms with Gasteiger partial charge in [0.15, 0.2) is 11.5 Å². The van der Waals surface area contributed by atoms with Crippen molar-refractivity contribution < 1.29 is 27.7 Å². The molecular weight excluding hydrogens is 517 g/mol. The molecule has 0 aliphatic heterocycles. The summed E-state index contributed by atoms with van der Waals surface area (Å²) in [6.07, 6.45) is 1.41. The summed E-state index contributed by atoms with van der Waals surface area (Å²) in [5, 5.41) is 10.3. The summed E-state index contributed by atoms with van der Waals surface area (Å²) in [7, 11) is 0. The Labute approximate surface area is 205 Å². The number of nitrogens with one attached hydrogen (secondary N) is 3. The number of carbonyl (C=O) groups excluding carboxylic acids is 3. The fraction of sp³-hybridized carbons (Fsp3) is 0.143. The van der Waals surface area contributed by atoms with Crippen LogP contribution in [-0.2, 0) is 4.79 Å². The van der Waals surface area contributed by atoms with Crippen molar-refractivity contribution in [2.24, 2.45) is 5.92 Å². The van der Waals surface area contributed by atoms with Crippen LogP contribution >= 0.6 is 34.8 Å². The molecule has 34 heavy (non-hydrogen) atoms. The van der Waals surface area contributed by atoms with Crippen molar-refractivity contribution in [3.05, 3.63) is 70.6 Å². The lowest BCUT2D eigenvalue weighted by Crippen LogP contribution is -2.19. The molecule has 1 atom stereocenters. The summed E-state index contributed by atoms with van der Waals surface area (Å²) in [5.74, 6) is -5.12. The quantitative estimate of drug-likeness (QED) is 0.378. The van der Waals surface area contributed by atoms with E-state index >= 15 is 0 Å². The Hall–Kier alpha value is -3.21. The van der Waals surface area contributed by atoms with E-state index in [0.29, 0.717) is 6.42 Å². The Bertz CT molecular complexity index is 1300. The molecule has 3 N–H and O–H groups in total. The third-order valence-electron chi connectivity index (χ3n) is 4.87. The third kappa shape index (κ3) is 4.98. The number of amides is 3. The summed E-state index contributed by atoms with van der Waals surface area (Å²) < 4.78 is 32.5. The van der Waals surface area contributed by atoms with Gasteiger partial charge in [-0.1, -0.05) is 16.8 Å². The number of benzene rings is 2. The minimum Gasteiger partial charge on any atom is -0.364 e. The Morgan fingerprint density at radius 3 is 2.41 bits per heavy atom. The van der Waals surface area contributed by atoms with Gasteiger partial charge in [0, 0.05) is 11.8 Å². The van der Waals surface area contributed by atoms with Crippen molar-refractivity contribution in [3.63, 3.8) is 0 Å². The van der Waals surface area contributed by atoms with E-state index in [1.54, 1.807) is 0 Å². The fourth-order valence-corrected chi connectivity index (χ4v) is 3.67. The second kappa shape index (κ2) is 9.21. The minimum atomic E-state index is -1.24. The van der Waals surface area contributed by atoms with Crippen molar-refractivity contribution in [2.45, 2.75) is 10.8 Å². The standard InChI is InChI=1S/C21H13Cl3F2N4O4/c22-12-2-1-9(27-19(32)11-8-21(11,23)24)7-10(12)18(31)28-14-4-3-13(25)17(16(14)26)29-20(33)15-5-6-34-30-15/h1-7,11H,8H2,(H,27,32)(H,28,31)(H,29,33). The molecule has 0 bridgehead atoms.